The Morgan fingerprint density at radius 1 is 1.33 bits per heavy atom. The lowest BCUT2D eigenvalue weighted by molar-refractivity contribution is 0.438. The van der Waals surface area contributed by atoms with E-state index in [0.717, 1.165) is 11.5 Å². The van der Waals surface area contributed by atoms with Crippen LogP contribution in [0.25, 0.3) is 0 Å². The summed E-state index contributed by atoms with van der Waals surface area (Å²) in [6.07, 6.45) is 0. The van der Waals surface area contributed by atoms with Gasteiger partial charge in [-0.15, -0.1) is 0 Å². The highest BCUT2D eigenvalue weighted by Gasteiger charge is 2.28. The fourth-order valence-corrected chi connectivity index (χ4v) is 4.43. The molecule has 1 aliphatic rings. The van der Waals surface area contributed by atoms with Gasteiger partial charge in [0, 0.05) is 31.1 Å². The van der Waals surface area contributed by atoms with Crippen LogP contribution < -0.4 is 5.73 Å². The molecule has 0 atom stereocenters. The Labute approximate surface area is 110 Å². The van der Waals surface area contributed by atoms with Gasteiger partial charge in [-0.3, -0.25) is 0 Å². The molecule has 1 aromatic carbocycles. The van der Waals surface area contributed by atoms with E-state index in [9.17, 15) is 12.8 Å². The first-order valence-corrected chi connectivity index (χ1v) is 8.21. The van der Waals surface area contributed by atoms with Crippen molar-refractivity contribution in [2.45, 2.75) is 11.4 Å². The molecular weight excluding hydrogens is 275 g/mol. The van der Waals surface area contributed by atoms with Crippen LogP contribution in [0.4, 0.5) is 4.39 Å². The minimum absolute atomic E-state index is 0.192. The average Bonchev–Trinajstić information content (AvgIpc) is 2.39. The Morgan fingerprint density at radius 2 is 2.00 bits per heavy atom. The summed E-state index contributed by atoms with van der Waals surface area (Å²) in [7, 11) is -3.71. The first kappa shape index (κ1) is 13.8. The fourth-order valence-electron chi connectivity index (χ4n) is 1.81. The summed E-state index contributed by atoms with van der Waals surface area (Å²) in [5, 5.41) is 0. The largest absolute Gasteiger partial charge is 0.326 e. The molecule has 4 nitrogen and oxygen atoms in total. The summed E-state index contributed by atoms with van der Waals surface area (Å²) in [6.45, 7) is 1.06. The minimum Gasteiger partial charge on any atom is -0.326 e. The van der Waals surface area contributed by atoms with Crippen LogP contribution in [0.5, 0.6) is 0 Å². The van der Waals surface area contributed by atoms with Crippen molar-refractivity contribution in [2.75, 3.05) is 24.6 Å². The zero-order valence-corrected chi connectivity index (χ0v) is 11.4. The van der Waals surface area contributed by atoms with Gasteiger partial charge in [-0.1, -0.05) is 6.07 Å². The van der Waals surface area contributed by atoms with E-state index in [1.165, 1.54) is 16.4 Å². The van der Waals surface area contributed by atoms with Crippen molar-refractivity contribution in [3.63, 3.8) is 0 Å². The molecule has 0 saturated carbocycles. The maximum atomic E-state index is 13.8. The standard InChI is InChI=1S/C11H15FN2O2S2/c12-10-7-9(8-13)1-2-11(10)18(15,16)14-3-5-17-6-4-14/h1-2,7H,3-6,8,13H2. The highest BCUT2D eigenvalue weighted by atomic mass is 32.2. The Bertz CT molecular complexity index is 528. The van der Waals surface area contributed by atoms with Crippen molar-refractivity contribution >= 4 is 21.8 Å². The number of hydrogen-bond donors (Lipinski definition) is 1. The SMILES string of the molecule is NCc1ccc(S(=O)(=O)N2CCSCC2)c(F)c1. The van der Waals surface area contributed by atoms with E-state index in [1.54, 1.807) is 17.8 Å². The molecule has 18 heavy (non-hydrogen) atoms. The maximum Gasteiger partial charge on any atom is 0.246 e. The molecule has 100 valence electrons. The predicted molar refractivity (Wildman–Crippen MR) is 70.4 cm³/mol. The van der Waals surface area contributed by atoms with Crippen LogP contribution in [-0.2, 0) is 16.6 Å². The highest BCUT2D eigenvalue weighted by molar-refractivity contribution is 7.99. The van der Waals surface area contributed by atoms with Crippen molar-refractivity contribution < 1.29 is 12.8 Å². The van der Waals surface area contributed by atoms with Crippen molar-refractivity contribution in [2.24, 2.45) is 5.73 Å². The van der Waals surface area contributed by atoms with Crippen molar-refractivity contribution in [1.82, 2.24) is 4.31 Å². The molecule has 7 heteroatoms. The number of rotatable bonds is 3. The summed E-state index contributed by atoms with van der Waals surface area (Å²) in [6, 6.07) is 4.04. The lowest BCUT2D eigenvalue weighted by Crippen LogP contribution is -2.38. The van der Waals surface area contributed by atoms with Gasteiger partial charge in [0.05, 0.1) is 0 Å². The molecule has 0 radical (unpaired) electrons. The highest BCUT2D eigenvalue weighted by Crippen LogP contribution is 2.23. The monoisotopic (exact) mass is 290 g/mol. The molecule has 1 aromatic rings. The van der Waals surface area contributed by atoms with Crippen LogP contribution in [0.2, 0.25) is 0 Å². The molecular formula is C11H15FN2O2S2. The van der Waals surface area contributed by atoms with Crippen molar-refractivity contribution in [3.8, 4) is 0 Å². The second kappa shape index (κ2) is 5.56. The maximum absolute atomic E-state index is 13.8. The van der Waals surface area contributed by atoms with E-state index < -0.39 is 15.8 Å². The van der Waals surface area contributed by atoms with E-state index in [-0.39, 0.29) is 11.4 Å². The molecule has 0 unspecified atom stereocenters. The van der Waals surface area contributed by atoms with E-state index in [2.05, 4.69) is 0 Å². The molecule has 0 aromatic heterocycles. The van der Waals surface area contributed by atoms with Gasteiger partial charge in [-0.25, -0.2) is 12.8 Å². The lowest BCUT2D eigenvalue weighted by atomic mass is 10.2. The van der Waals surface area contributed by atoms with Gasteiger partial charge in [-0.2, -0.15) is 16.1 Å². The zero-order chi connectivity index (χ0) is 13.2. The molecule has 0 amide bonds. The van der Waals surface area contributed by atoms with Gasteiger partial charge in [0.25, 0.3) is 0 Å². The van der Waals surface area contributed by atoms with Gasteiger partial charge in [0.1, 0.15) is 10.7 Å². The lowest BCUT2D eigenvalue weighted by Gasteiger charge is -2.25. The Balaban J connectivity index is 2.34. The number of hydrogen-bond acceptors (Lipinski definition) is 4. The van der Waals surface area contributed by atoms with Crippen LogP contribution in [0, 0.1) is 5.82 Å². The minimum atomic E-state index is -3.71. The Morgan fingerprint density at radius 3 is 2.56 bits per heavy atom. The summed E-state index contributed by atoms with van der Waals surface area (Å²) >= 11 is 1.70. The van der Waals surface area contributed by atoms with Crippen molar-refractivity contribution in [3.05, 3.63) is 29.6 Å². The number of nitrogens with zero attached hydrogens (tertiary/aromatic N) is 1. The van der Waals surface area contributed by atoms with Gasteiger partial charge in [-0.05, 0) is 17.7 Å². The molecule has 1 saturated heterocycles. The summed E-state index contributed by atoms with van der Waals surface area (Å²) in [5.74, 6) is 0.778. The van der Waals surface area contributed by atoms with Gasteiger partial charge in [0.2, 0.25) is 10.0 Å². The number of halogens is 1. The molecule has 1 heterocycles. The second-order valence-corrected chi connectivity index (χ2v) is 7.12. The molecule has 0 aliphatic carbocycles. The normalized spacial score (nSPS) is 17.9. The number of sulfonamides is 1. The van der Waals surface area contributed by atoms with Gasteiger partial charge < -0.3 is 5.73 Å². The predicted octanol–water partition coefficient (Wildman–Crippen LogP) is 1.02. The van der Waals surface area contributed by atoms with Crippen molar-refractivity contribution in [1.29, 1.82) is 0 Å². The van der Waals surface area contributed by atoms with E-state index in [0.29, 0.717) is 18.7 Å². The summed E-state index contributed by atoms with van der Waals surface area (Å²) in [5.41, 5.74) is 5.98. The fraction of sp³-hybridized carbons (Fsp3) is 0.455. The molecule has 1 aliphatic heterocycles. The molecule has 0 spiro atoms. The molecule has 1 fully saturated rings. The third-order valence-electron chi connectivity index (χ3n) is 2.82. The third kappa shape index (κ3) is 2.69. The van der Waals surface area contributed by atoms with E-state index in [4.69, 9.17) is 5.73 Å². The number of benzene rings is 1. The topological polar surface area (TPSA) is 63.4 Å². The average molecular weight is 290 g/mol. The second-order valence-electron chi connectivity index (χ2n) is 3.99. The van der Waals surface area contributed by atoms with Crippen LogP contribution in [0.3, 0.4) is 0 Å². The van der Waals surface area contributed by atoms with Crippen LogP contribution in [0.15, 0.2) is 23.1 Å². The number of thioether (sulfide) groups is 1. The van der Waals surface area contributed by atoms with E-state index >= 15 is 0 Å². The van der Waals surface area contributed by atoms with Gasteiger partial charge in [0.15, 0.2) is 0 Å². The Hall–Kier alpha value is -0.630. The smallest absolute Gasteiger partial charge is 0.246 e. The molecule has 2 rings (SSSR count). The van der Waals surface area contributed by atoms with Crippen LogP contribution in [0.1, 0.15) is 5.56 Å². The third-order valence-corrected chi connectivity index (χ3v) is 5.69. The van der Waals surface area contributed by atoms with Crippen LogP contribution in [-0.4, -0.2) is 37.3 Å². The van der Waals surface area contributed by atoms with Crippen LogP contribution >= 0.6 is 11.8 Å². The zero-order valence-electron chi connectivity index (χ0n) is 9.80. The first-order valence-electron chi connectivity index (χ1n) is 5.62. The molecule has 0 bridgehead atoms. The molecule has 2 N–H and O–H groups in total. The summed E-state index contributed by atoms with van der Waals surface area (Å²) < 4.78 is 39.7. The van der Waals surface area contributed by atoms with Gasteiger partial charge >= 0.3 is 0 Å². The first-order chi connectivity index (χ1) is 8.55. The van der Waals surface area contributed by atoms with E-state index in [1.807, 2.05) is 0 Å². The Kier molecular flexibility index (Phi) is 4.26. The summed E-state index contributed by atoms with van der Waals surface area (Å²) in [4.78, 5) is -0.258. The number of nitrogens with two attached hydrogens (primary N) is 1. The quantitative estimate of drug-likeness (QED) is 0.903.